The van der Waals surface area contributed by atoms with E-state index in [0.717, 1.165) is 0 Å². The molecule has 3 nitrogen and oxygen atoms in total. The van der Waals surface area contributed by atoms with Gasteiger partial charge in [-0.3, -0.25) is 0 Å². The van der Waals surface area contributed by atoms with Crippen LogP contribution < -0.4 is 5.73 Å². The van der Waals surface area contributed by atoms with Crippen molar-refractivity contribution >= 4 is 5.82 Å². The molecule has 0 fully saturated rings. The van der Waals surface area contributed by atoms with Gasteiger partial charge in [0.1, 0.15) is 11.5 Å². The summed E-state index contributed by atoms with van der Waals surface area (Å²) in [6.07, 6.45) is -2.54. The van der Waals surface area contributed by atoms with E-state index in [1.165, 1.54) is 12.1 Å². The van der Waals surface area contributed by atoms with E-state index in [-0.39, 0.29) is 17.9 Å². The molecule has 0 aliphatic rings. The number of nitrogens with zero attached hydrogens (tertiary/aromatic N) is 2. The van der Waals surface area contributed by atoms with Crippen LogP contribution in [0.2, 0.25) is 0 Å². The minimum Gasteiger partial charge on any atom is -0.383 e. The smallest absolute Gasteiger partial charge is 0.280 e. The van der Waals surface area contributed by atoms with Crippen LogP contribution in [-0.2, 0) is 6.42 Å². The summed E-state index contributed by atoms with van der Waals surface area (Å²) in [5.41, 5.74) is 5.47. The zero-order valence-corrected chi connectivity index (χ0v) is 6.67. The van der Waals surface area contributed by atoms with Gasteiger partial charge in [-0.05, 0) is 6.07 Å². The maximum atomic E-state index is 12.1. The molecule has 0 aliphatic heterocycles. The van der Waals surface area contributed by atoms with E-state index in [9.17, 15) is 8.78 Å². The average molecular weight is 183 g/mol. The van der Waals surface area contributed by atoms with E-state index in [1.807, 2.05) is 6.07 Å². The number of anilines is 1. The van der Waals surface area contributed by atoms with Crippen LogP contribution in [0.25, 0.3) is 0 Å². The van der Waals surface area contributed by atoms with Crippen molar-refractivity contribution in [3.8, 4) is 6.07 Å². The second kappa shape index (κ2) is 3.81. The fourth-order valence-corrected chi connectivity index (χ4v) is 0.876. The van der Waals surface area contributed by atoms with E-state index in [1.54, 1.807) is 0 Å². The number of halogens is 2. The Labute approximate surface area is 73.8 Å². The van der Waals surface area contributed by atoms with E-state index in [0.29, 0.717) is 5.56 Å². The Balaban J connectivity index is 3.00. The fraction of sp³-hybridized carbons (Fsp3) is 0.250. The number of nitriles is 1. The summed E-state index contributed by atoms with van der Waals surface area (Å²) in [6, 6.07) is 4.44. The first-order valence-corrected chi connectivity index (χ1v) is 3.55. The Hall–Kier alpha value is -1.70. The van der Waals surface area contributed by atoms with Crippen LogP contribution in [0.3, 0.4) is 0 Å². The van der Waals surface area contributed by atoms with Crippen molar-refractivity contribution in [3.05, 3.63) is 23.4 Å². The van der Waals surface area contributed by atoms with Crippen LogP contribution in [0.5, 0.6) is 0 Å². The average Bonchev–Trinajstić information content (AvgIpc) is 2.08. The van der Waals surface area contributed by atoms with Crippen molar-refractivity contribution in [2.24, 2.45) is 0 Å². The summed E-state index contributed by atoms with van der Waals surface area (Å²) < 4.78 is 24.2. The summed E-state index contributed by atoms with van der Waals surface area (Å²) in [6.45, 7) is 0. The maximum Gasteiger partial charge on any atom is 0.280 e. The van der Waals surface area contributed by atoms with Crippen LogP contribution in [0.4, 0.5) is 14.6 Å². The van der Waals surface area contributed by atoms with Gasteiger partial charge in [-0.1, -0.05) is 6.07 Å². The van der Waals surface area contributed by atoms with Crippen molar-refractivity contribution in [2.75, 3.05) is 5.73 Å². The molecule has 0 spiro atoms. The monoisotopic (exact) mass is 183 g/mol. The van der Waals surface area contributed by atoms with Crippen molar-refractivity contribution in [2.45, 2.75) is 12.8 Å². The fourth-order valence-electron chi connectivity index (χ4n) is 0.876. The van der Waals surface area contributed by atoms with Crippen LogP contribution in [0, 0.1) is 11.3 Å². The van der Waals surface area contributed by atoms with Crippen LogP contribution in [0.1, 0.15) is 17.7 Å². The molecule has 1 aromatic heterocycles. The predicted octanol–water partition coefficient (Wildman–Crippen LogP) is 1.67. The highest BCUT2D eigenvalue weighted by atomic mass is 19.3. The van der Waals surface area contributed by atoms with E-state index in [4.69, 9.17) is 11.0 Å². The lowest BCUT2D eigenvalue weighted by Crippen LogP contribution is -2.00. The minimum atomic E-state index is -2.63. The molecule has 0 bridgehead atoms. The molecule has 1 aromatic rings. The molecule has 0 aromatic carbocycles. The zero-order valence-electron chi connectivity index (χ0n) is 6.67. The highest BCUT2D eigenvalue weighted by molar-refractivity contribution is 5.41. The number of rotatable bonds is 2. The van der Waals surface area contributed by atoms with Gasteiger partial charge in [0.05, 0.1) is 12.5 Å². The lowest BCUT2D eigenvalue weighted by atomic mass is 10.2. The summed E-state index contributed by atoms with van der Waals surface area (Å²) in [7, 11) is 0. The zero-order chi connectivity index (χ0) is 9.84. The molecular formula is C8H7F2N3. The summed E-state index contributed by atoms with van der Waals surface area (Å²) in [5.74, 6) is -0.000602. The van der Waals surface area contributed by atoms with E-state index in [2.05, 4.69) is 4.98 Å². The predicted molar refractivity (Wildman–Crippen MR) is 42.9 cm³/mol. The molecule has 5 heteroatoms. The number of hydrogen-bond donors (Lipinski definition) is 1. The topological polar surface area (TPSA) is 62.7 Å². The quantitative estimate of drug-likeness (QED) is 0.758. The Morgan fingerprint density at radius 2 is 2.23 bits per heavy atom. The molecule has 1 rings (SSSR count). The van der Waals surface area contributed by atoms with E-state index >= 15 is 0 Å². The van der Waals surface area contributed by atoms with Crippen molar-refractivity contribution < 1.29 is 8.78 Å². The Morgan fingerprint density at radius 3 is 2.69 bits per heavy atom. The van der Waals surface area contributed by atoms with Crippen molar-refractivity contribution in [3.63, 3.8) is 0 Å². The van der Waals surface area contributed by atoms with Gasteiger partial charge in [0.15, 0.2) is 0 Å². The lowest BCUT2D eigenvalue weighted by molar-refractivity contribution is 0.146. The molecule has 0 atom stereocenters. The summed E-state index contributed by atoms with van der Waals surface area (Å²) in [4.78, 5) is 3.47. The van der Waals surface area contributed by atoms with Gasteiger partial charge in [-0.2, -0.15) is 5.26 Å². The van der Waals surface area contributed by atoms with Gasteiger partial charge < -0.3 is 5.73 Å². The molecular weight excluding hydrogens is 176 g/mol. The number of aromatic nitrogens is 1. The summed E-state index contributed by atoms with van der Waals surface area (Å²) in [5, 5.41) is 8.34. The van der Waals surface area contributed by atoms with Crippen LogP contribution >= 0.6 is 0 Å². The van der Waals surface area contributed by atoms with Gasteiger partial charge >= 0.3 is 0 Å². The van der Waals surface area contributed by atoms with Crippen molar-refractivity contribution in [1.82, 2.24) is 4.98 Å². The largest absolute Gasteiger partial charge is 0.383 e. The van der Waals surface area contributed by atoms with Gasteiger partial charge in [0.2, 0.25) is 0 Å². The van der Waals surface area contributed by atoms with Gasteiger partial charge in [-0.15, -0.1) is 0 Å². The third-order valence-corrected chi connectivity index (χ3v) is 1.53. The second-order valence-electron chi connectivity index (χ2n) is 2.42. The second-order valence-corrected chi connectivity index (χ2v) is 2.42. The molecule has 0 saturated carbocycles. The number of nitrogens with two attached hydrogens (primary N) is 1. The maximum absolute atomic E-state index is 12.1. The first-order chi connectivity index (χ1) is 6.15. The van der Waals surface area contributed by atoms with Crippen LogP contribution in [0.15, 0.2) is 12.1 Å². The van der Waals surface area contributed by atoms with Gasteiger partial charge in [-0.25, -0.2) is 13.8 Å². The molecule has 2 N–H and O–H groups in total. The normalized spacial score (nSPS) is 10.0. The number of alkyl halides is 2. The van der Waals surface area contributed by atoms with E-state index < -0.39 is 6.43 Å². The first-order valence-electron chi connectivity index (χ1n) is 3.55. The molecule has 13 heavy (non-hydrogen) atoms. The lowest BCUT2D eigenvalue weighted by Gasteiger charge is -2.03. The third-order valence-electron chi connectivity index (χ3n) is 1.53. The highest BCUT2D eigenvalue weighted by Crippen LogP contribution is 2.19. The summed E-state index contributed by atoms with van der Waals surface area (Å²) >= 11 is 0. The number of pyridine rings is 1. The molecule has 1 heterocycles. The minimum absolute atomic E-state index is 0.000602. The number of nitrogen functional groups attached to an aromatic ring is 1. The molecule has 0 amide bonds. The molecule has 0 radical (unpaired) electrons. The van der Waals surface area contributed by atoms with Crippen molar-refractivity contribution in [1.29, 1.82) is 5.26 Å². The van der Waals surface area contributed by atoms with Crippen LogP contribution in [-0.4, -0.2) is 4.98 Å². The third kappa shape index (κ3) is 2.12. The molecule has 0 aliphatic carbocycles. The first kappa shape index (κ1) is 9.39. The number of hydrogen-bond acceptors (Lipinski definition) is 3. The highest BCUT2D eigenvalue weighted by Gasteiger charge is 2.10. The Bertz CT molecular complexity index is 344. The van der Waals surface area contributed by atoms with Gasteiger partial charge in [0, 0.05) is 5.56 Å². The Kier molecular flexibility index (Phi) is 2.75. The van der Waals surface area contributed by atoms with Gasteiger partial charge in [0.25, 0.3) is 6.43 Å². The Morgan fingerprint density at radius 1 is 1.54 bits per heavy atom. The standard InChI is InChI=1S/C8H7F2N3/c9-7(10)6-2-1-5(3-4-11)8(12)13-6/h1-2,7H,3H2,(H2,12,13). The SMILES string of the molecule is N#CCc1ccc(C(F)F)nc1N. The molecule has 0 unspecified atom stereocenters. The molecule has 0 saturated heterocycles. The molecule has 68 valence electrons.